The summed E-state index contributed by atoms with van der Waals surface area (Å²) in [6, 6.07) is 9.11. The summed E-state index contributed by atoms with van der Waals surface area (Å²) in [4.78, 5) is 8.90. The lowest BCUT2D eigenvalue weighted by molar-refractivity contribution is 0.316. The largest absolute Gasteiger partial charge is 0.494 e. The monoisotopic (exact) mass is 454 g/mol. The number of hydrogen-bond acceptors (Lipinski definition) is 5. The first-order chi connectivity index (χ1) is 15.4. The number of benzene rings is 1. The van der Waals surface area contributed by atoms with Crippen LogP contribution in [0.15, 0.2) is 36.7 Å². The molecule has 32 heavy (non-hydrogen) atoms. The minimum absolute atomic E-state index is 0.0398. The molecule has 3 aromatic rings. The SMILES string of the molecule is COc1cc(C)c(F)c(NCc2cnc(-c3ccc(C4(C#N)CCC4)nc3)cc2Cl)c1F. The molecule has 1 aliphatic rings. The Morgan fingerprint density at radius 3 is 2.53 bits per heavy atom. The summed E-state index contributed by atoms with van der Waals surface area (Å²) >= 11 is 6.42. The number of halogens is 3. The first-order valence-electron chi connectivity index (χ1n) is 10.2. The van der Waals surface area contributed by atoms with Gasteiger partial charge in [-0.2, -0.15) is 5.26 Å². The fourth-order valence-electron chi connectivity index (χ4n) is 3.76. The maximum absolute atomic E-state index is 14.5. The van der Waals surface area contributed by atoms with E-state index in [1.165, 1.54) is 20.1 Å². The van der Waals surface area contributed by atoms with Crippen molar-refractivity contribution in [1.29, 1.82) is 5.26 Å². The van der Waals surface area contributed by atoms with E-state index in [0.29, 0.717) is 16.3 Å². The van der Waals surface area contributed by atoms with Gasteiger partial charge in [0.25, 0.3) is 0 Å². The zero-order chi connectivity index (χ0) is 22.9. The van der Waals surface area contributed by atoms with E-state index in [-0.39, 0.29) is 23.5 Å². The molecule has 0 saturated heterocycles. The van der Waals surface area contributed by atoms with Crippen LogP contribution in [-0.4, -0.2) is 17.1 Å². The fourth-order valence-corrected chi connectivity index (χ4v) is 3.98. The quantitative estimate of drug-likeness (QED) is 0.498. The van der Waals surface area contributed by atoms with Crippen molar-refractivity contribution >= 4 is 17.3 Å². The first-order valence-corrected chi connectivity index (χ1v) is 10.6. The number of nitriles is 1. The highest BCUT2D eigenvalue weighted by Gasteiger charge is 2.40. The van der Waals surface area contributed by atoms with Crippen LogP contribution in [0.2, 0.25) is 5.02 Å². The molecule has 0 unspecified atom stereocenters. The maximum atomic E-state index is 14.5. The molecule has 2 heterocycles. The van der Waals surface area contributed by atoms with Crippen LogP contribution in [0.3, 0.4) is 0 Å². The number of pyridine rings is 2. The molecule has 164 valence electrons. The van der Waals surface area contributed by atoms with Crippen LogP contribution in [0.1, 0.15) is 36.1 Å². The predicted molar refractivity (Wildman–Crippen MR) is 119 cm³/mol. The van der Waals surface area contributed by atoms with Gasteiger partial charge in [0.2, 0.25) is 0 Å². The van der Waals surface area contributed by atoms with Gasteiger partial charge >= 0.3 is 0 Å². The highest BCUT2D eigenvalue weighted by Crippen LogP contribution is 2.42. The van der Waals surface area contributed by atoms with Gasteiger partial charge in [-0.25, -0.2) is 8.78 Å². The van der Waals surface area contributed by atoms with Gasteiger partial charge in [-0.1, -0.05) is 11.6 Å². The molecule has 1 saturated carbocycles. The summed E-state index contributed by atoms with van der Waals surface area (Å²) < 4.78 is 33.8. The molecule has 4 rings (SSSR count). The van der Waals surface area contributed by atoms with E-state index in [2.05, 4.69) is 21.4 Å². The number of aromatic nitrogens is 2. The lowest BCUT2D eigenvalue weighted by atomic mass is 9.67. The predicted octanol–water partition coefficient (Wildman–Crippen LogP) is 5.95. The number of nitrogens with zero attached hydrogens (tertiary/aromatic N) is 3. The highest BCUT2D eigenvalue weighted by molar-refractivity contribution is 6.31. The molecule has 0 spiro atoms. The maximum Gasteiger partial charge on any atom is 0.191 e. The van der Waals surface area contributed by atoms with Crippen LogP contribution in [0, 0.1) is 29.9 Å². The topological polar surface area (TPSA) is 70.8 Å². The molecule has 0 amide bonds. The van der Waals surface area contributed by atoms with Gasteiger partial charge in [0.05, 0.1) is 30.0 Å². The van der Waals surface area contributed by atoms with Gasteiger partial charge in [-0.05, 0) is 56.0 Å². The molecule has 1 aliphatic carbocycles. The Hall–Kier alpha value is -3.24. The molecule has 0 bridgehead atoms. The lowest BCUT2D eigenvalue weighted by Crippen LogP contribution is -2.33. The Bertz CT molecular complexity index is 1200. The average molecular weight is 455 g/mol. The van der Waals surface area contributed by atoms with Gasteiger partial charge in [-0.3, -0.25) is 9.97 Å². The second-order valence-electron chi connectivity index (χ2n) is 7.89. The van der Waals surface area contributed by atoms with E-state index in [0.717, 1.165) is 30.5 Å². The van der Waals surface area contributed by atoms with Crippen molar-refractivity contribution < 1.29 is 13.5 Å². The molecule has 1 N–H and O–H groups in total. The molecular weight excluding hydrogens is 434 g/mol. The van der Waals surface area contributed by atoms with E-state index in [1.807, 2.05) is 12.1 Å². The van der Waals surface area contributed by atoms with Crippen molar-refractivity contribution in [2.45, 2.75) is 38.1 Å². The van der Waals surface area contributed by atoms with E-state index in [1.54, 1.807) is 18.5 Å². The summed E-state index contributed by atoms with van der Waals surface area (Å²) in [5.41, 5.74) is 2.26. The van der Waals surface area contributed by atoms with Gasteiger partial charge in [0.15, 0.2) is 17.4 Å². The Morgan fingerprint density at radius 2 is 1.97 bits per heavy atom. The molecule has 2 aromatic heterocycles. The van der Waals surface area contributed by atoms with Gasteiger partial charge in [0.1, 0.15) is 5.69 Å². The van der Waals surface area contributed by atoms with Crippen LogP contribution < -0.4 is 10.1 Å². The molecule has 1 aromatic carbocycles. The minimum atomic E-state index is -0.802. The van der Waals surface area contributed by atoms with Crippen LogP contribution in [0.5, 0.6) is 5.75 Å². The van der Waals surface area contributed by atoms with E-state index >= 15 is 0 Å². The minimum Gasteiger partial charge on any atom is -0.494 e. The van der Waals surface area contributed by atoms with Crippen LogP contribution in [0.4, 0.5) is 14.5 Å². The summed E-state index contributed by atoms with van der Waals surface area (Å²) in [7, 11) is 1.33. The third-order valence-electron chi connectivity index (χ3n) is 5.93. The first kappa shape index (κ1) is 22.0. The third-order valence-corrected chi connectivity index (χ3v) is 6.28. The number of aryl methyl sites for hydroxylation is 1. The molecule has 5 nitrogen and oxygen atoms in total. The van der Waals surface area contributed by atoms with E-state index < -0.39 is 17.0 Å². The Morgan fingerprint density at radius 1 is 1.19 bits per heavy atom. The molecular formula is C24H21ClF2N4O. The molecule has 8 heteroatoms. The van der Waals surface area contributed by atoms with Gasteiger partial charge in [-0.15, -0.1) is 0 Å². The third kappa shape index (κ3) is 3.87. The zero-order valence-electron chi connectivity index (χ0n) is 17.7. The lowest BCUT2D eigenvalue weighted by Gasteiger charge is -2.34. The zero-order valence-corrected chi connectivity index (χ0v) is 18.4. The second-order valence-corrected chi connectivity index (χ2v) is 8.30. The van der Waals surface area contributed by atoms with Crippen LogP contribution >= 0.6 is 11.6 Å². The van der Waals surface area contributed by atoms with Crippen molar-refractivity contribution in [1.82, 2.24) is 9.97 Å². The van der Waals surface area contributed by atoms with Crippen molar-refractivity contribution in [2.24, 2.45) is 0 Å². The Balaban J connectivity index is 1.52. The number of ether oxygens (including phenoxy) is 1. The normalized spacial score (nSPS) is 14.4. The number of methoxy groups -OCH3 is 1. The number of anilines is 1. The number of rotatable bonds is 6. The summed E-state index contributed by atoms with van der Waals surface area (Å²) in [6.45, 7) is 1.61. The van der Waals surface area contributed by atoms with Crippen molar-refractivity contribution in [3.05, 3.63) is 70.1 Å². The van der Waals surface area contributed by atoms with E-state index in [4.69, 9.17) is 16.3 Å². The Kier molecular flexibility index (Phi) is 5.98. The van der Waals surface area contributed by atoms with E-state index in [9.17, 15) is 14.0 Å². The van der Waals surface area contributed by atoms with Crippen LogP contribution in [0.25, 0.3) is 11.3 Å². The van der Waals surface area contributed by atoms with Crippen molar-refractivity contribution in [3.63, 3.8) is 0 Å². The summed E-state index contributed by atoms with van der Waals surface area (Å²) in [6.07, 6.45) is 5.94. The average Bonchev–Trinajstić information content (AvgIpc) is 2.77. The van der Waals surface area contributed by atoms with Crippen molar-refractivity contribution in [3.8, 4) is 23.1 Å². The van der Waals surface area contributed by atoms with Crippen LogP contribution in [-0.2, 0) is 12.0 Å². The number of nitrogens with one attached hydrogen (secondary N) is 1. The van der Waals surface area contributed by atoms with Gasteiger partial charge < -0.3 is 10.1 Å². The highest BCUT2D eigenvalue weighted by atomic mass is 35.5. The van der Waals surface area contributed by atoms with Gasteiger partial charge in [0, 0.05) is 35.1 Å². The summed E-state index contributed by atoms with van der Waals surface area (Å²) in [5, 5.41) is 12.6. The Labute approximate surface area is 190 Å². The summed E-state index contributed by atoms with van der Waals surface area (Å²) in [5.74, 6) is -1.53. The molecule has 0 aliphatic heterocycles. The molecule has 1 fully saturated rings. The molecule has 0 atom stereocenters. The smallest absolute Gasteiger partial charge is 0.191 e. The fraction of sp³-hybridized carbons (Fsp3) is 0.292. The van der Waals surface area contributed by atoms with Crippen molar-refractivity contribution in [2.75, 3.05) is 12.4 Å². The number of hydrogen-bond donors (Lipinski definition) is 1. The standard InChI is InChI=1S/C24H21ClF2N4O/c1-14-8-19(32-2)22(27)23(21(14)26)31-12-16-11-29-18(9-17(16)25)15-4-5-20(30-10-15)24(13-28)6-3-7-24/h4-5,8-11,31H,3,6-7,12H2,1-2H3. The second kappa shape index (κ2) is 8.71. The molecule has 0 radical (unpaired) electrons.